The second-order valence-electron chi connectivity index (χ2n) is 4.46. The van der Waals surface area contributed by atoms with Crippen LogP contribution in [0.5, 0.6) is 0 Å². The molecule has 0 aromatic carbocycles. The van der Waals surface area contributed by atoms with Crippen molar-refractivity contribution < 1.29 is 0 Å². The van der Waals surface area contributed by atoms with Crippen molar-refractivity contribution in [2.24, 2.45) is 0 Å². The highest BCUT2D eigenvalue weighted by atomic mass is 32.1. The summed E-state index contributed by atoms with van der Waals surface area (Å²) < 4.78 is 0. The summed E-state index contributed by atoms with van der Waals surface area (Å²) in [6.07, 6.45) is 9.27. The Morgan fingerprint density at radius 1 is 1.29 bits per heavy atom. The zero-order valence-electron chi connectivity index (χ0n) is 9.60. The Hall–Kier alpha value is -1.26. The summed E-state index contributed by atoms with van der Waals surface area (Å²) in [4.78, 5) is 8.60. The number of nitrogens with zero attached hydrogens (tertiary/aromatic N) is 2. The first kappa shape index (κ1) is 10.9. The zero-order valence-corrected chi connectivity index (χ0v) is 10.4. The summed E-state index contributed by atoms with van der Waals surface area (Å²) in [5.41, 5.74) is 2.51. The lowest BCUT2D eigenvalue weighted by Gasteiger charge is -2.04. The highest BCUT2D eigenvalue weighted by molar-refractivity contribution is 7.09. The number of rotatable bonds is 5. The van der Waals surface area contributed by atoms with E-state index >= 15 is 0 Å². The van der Waals surface area contributed by atoms with E-state index in [0.717, 1.165) is 24.0 Å². The van der Waals surface area contributed by atoms with Gasteiger partial charge in [0, 0.05) is 43.0 Å². The number of pyridine rings is 1. The molecule has 2 aromatic heterocycles. The molecule has 3 nitrogen and oxygen atoms in total. The van der Waals surface area contributed by atoms with Gasteiger partial charge in [-0.15, -0.1) is 11.3 Å². The van der Waals surface area contributed by atoms with E-state index < -0.39 is 0 Å². The van der Waals surface area contributed by atoms with Gasteiger partial charge >= 0.3 is 0 Å². The van der Waals surface area contributed by atoms with Crippen LogP contribution in [0.25, 0.3) is 0 Å². The van der Waals surface area contributed by atoms with Crippen LogP contribution < -0.4 is 5.32 Å². The molecule has 0 atom stereocenters. The lowest BCUT2D eigenvalue weighted by molar-refractivity contribution is 0.685. The first-order valence-electron chi connectivity index (χ1n) is 5.95. The van der Waals surface area contributed by atoms with Crippen molar-refractivity contribution in [3.05, 3.63) is 46.2 Å². The van der Waals surface area contributed by atoms with Crippen molar-refractivity contribution >= 4 is 11.3 Å². The van der Waals surface area contributed by atoms with Crippen LogP contribution in [-0.4, -0.2) is 16.0 Å². The van der Waals surface area contributed by atoms with Crippen LogP contribution in [0.4, 0.5) is 0 Å². The van der Waals surface area contributed by atoms with E-state index in [1.807, 2.05) is 24.0 Å². The molecule has 3 rings (SSSR count). The van der Waals surface area contributed by atoms with Crippen molar-refractivity contribution in [3.63, 3.8) is 0 Å². The summed E-state index contributed by atoms with van der Waals surface area (Å²) in [6.45, 7) is 0.934. The molecule has 4 heteroatoms. The van der Waals surface area contributed by atoms with E-state index in [2.05, 4.69) is 21.4 Å². The molecule has 2 aromatic rings. The molecule has 1 aliphatic carbocycles. The largest absolute Gasteiger partial charge is 0.310 e. The Kier molecular flexibility index (Phi) is 3.16. The molecule has 88 valence electrons. The smallest absolute Gasteiger partial charge is 0.0969 e. The van der Waals surface area contributed by atoms with Crippen molar-refractivity contribution in [2.45, 2.75) is 31.8 Å². The van der Waals surface area contributed by atoms with Gasteiger partial charge in [0.05, 0.1) is 5.01 Å². The lowest BCUT2D eigenvalue weighted by atomic mass is 10.1. The fourth-order valence-corrected chi connectivity index (χ4v) is 2.45. The Morgan fingerprint density at radius 3 is 2.94 bits per heavy atom. The first-order valence-corrected chi connectivity index (χ1v) is 6.83. The monoisotopic (exact) mass is 245 g/mol. The molecule has 1 saturated carbocycles. The Morgan fingerprint density at radius 2 is 2.18 bits per heavy atom. The minimum Gasteiger partial charge on any atom is -0.310 e. The molecule has 0 saturated heterocycles. The first-order chi connectivity index (χ1) is 8.40. The van der Waals surface area contributed by atoms with Gasteiger partial charge in [0.1, 0.15) is 0 Å². The second-order valence-corrected chi connectivity index (χ2v) is 5.44. The normalized spacial score (nSPS) is 15.1. The molecule has 0 unspecified atom stereocenters. The molecule has 1 aliphatic rings. The van der Waals surface area contributed by atoms with Gasteiger partial charge in [-0.25, -0.2) is 4.98 Å². The Bertz CT molecular complexity index is 477. The van der Waals surface area contributed by atoms with Gasteiger partial charge in [0.2, 0.25) is 0 Å². The van der Waals surface area contributed by atoms with Crippen LogP contribution in [-0.2, 0) is 13.0 Å². The molecule has 0 aliphatic heterocycles. The van der Waals surface area contributed by atoms with Gasteiger partial charge in [-0.1, -0.05) is 6.07 Å². The van der Waals surface area contributed by atoms with Crippen LogP contribution in [0.1, 0.15) is 29.0 Å². The van der Waals surface area contributed by atoms with Crippen LogP contribution in [0.15, 0.2) is 30.0 Å². The van der Waals surface area contributed by atoms with E-state index in [1.165, 1.54) is 24.0 Å². The Balaban J connectivity index is 1.65. The average molecular weight is 245 g/mol. The summed E-state index contributed by atoms with van der Waals surface area (Å²) in [7, 11) is 0. The minimum atomic E-state index is 0.748. The second kappa shape index (κ2) is 4.94. The van der Waals surface area contributed by atoms with Crippen LogP contribution >= 0.6 is 11.3 Å². The van der Waals surface area contributed by atoms with Crippen LogP contribution in [0.2, 0.25) is 0 Å². The van der Waals surface area contributed by atoms with E-state index in [1.54, 1.807) is 11.3 Å². The van der Waals surface area contributed by atoms with Crippen molar-refractivity contribution in [1.82, 2.24) is 15.3 Å². The number of nitrogens with one attached hydrogen (secondary N) is 1. The maximum atomic E-state index is 4.30. The van der Waals surface area contributed by atoms with Crippen molar-refractivity contribution in [3.8, 4) is 0 Å². The number of hydrogen-bond acceptors (Lipinski definition) is 4. The van der Waals surface area contributed by atoms with Gasteiger partial charge in [-0.2, -0.15) is 0 Å². The van der Waals surface area contributed by atoms with Gasteiger partial charge in [0.15, 0.2) is 0 Å². The summed E-state index contributed by atoms with van der Waals surface area (Å²) in [5, 5.41) is 6.67. The maximum absolute atomic E-state index is 4.30. The molecule has 2 heterocycles. The Labute approximate surface area is 105 Å². The highest BCUT2D eigenvalue weighted by Crippen LogP contribution is 2.19. The third kappa shape index (κ3) is 3.11. The topological polar surface area (TPSA) is 37.8 Å². The molecule has 0 bridgehead atoms. The number of thiazole rings is 1. The molecule has 0 amide bonds. The zero-order chi connectivity index (χ0) is 11.5. The van der Waals surface area contributed by atoms with Crippen LogP contribution in [0, 0.1) is 0 Å². The molecule has 0 spiro atoms. The molecule has 0 radical (unpaired) electrons. The summed E-state index contributed by atoms with van der Waals surface area (Å²) in [6, 6.07) is 2.97. The third-order valence-corrected chi connectivity index (χ3v) is 3.64. The molecular weight excluding hydrogens is 230 g/mol. The minimum absolute atomic E-state index is 0.748. The molecule has 17 heavy (non-hydrogen) atoms. The maximum Gasteiger partial charge on any atom is 0.0969 e. The third-order valence-electron chi connectivity index (χ3n) is 2.86. The fourth-order valence-electron chi connectivity index (χ4n) is 1.80. The van der Waals surface area contributed by atoms with E-state index in [4.69, 9.17) is 0 Å². The number of hydrogen-bond donors (Lipinski definition) is 1. The predicted octanol–water partition coefficient (Wildman–Crippen LogP) is 2.38. The standard InChI is InChI=1S/C13H15N3S/c1-2-12(1)16-9-11-5-10(7-14-8-11)6-13-15-3-4-17-13/h3-5,7-8,12,16H,1-2,6,9H2. The SMILES string of the molecule is c1csc(Cc2cncc(CNC3CC3)c2)n1. The summed E-state index contributed by atoms with van der Waals surface area (Å²) in [5.74, 6) is 0. The van der Waals surface area contributed by atoms with Crippen LogP contribution in [0.3, 0.4) is 0 Å². The van der Waals surface area contributed by atoms with E-state index in [-0.39, 0.29) is 0 Å². The molecular formula is C13H15N3S. The van der Waals surface area contributed by atoms with E-state index in [9.17, 15) is 0 Å². The predicted molar refractivity (Wildman–Crippen MR) is 69.0 cm³/mol. The lowest BCUT2D eigenvalue weighted by Crippen LogP contribution is -2.15. The van der Waals surface area contributed by atoms with Gasteiger partial charge in [-0.05, 0) is 24.0 Å². The van der Waals surface area contributed by atoms with Gasteiger partial charge in [0.25, 0.3) is 0 Å². The van der Waals surface area contributed by atoms with Crippen molar-refractivity contribution in [2.75, 3.05) is 0 Å². The van der Waals surface area contributed by atoms with E-state index in [0.29, 0.717) is 0 Å². The van der Waals surface area contributed by atoms with Crippen molar-refractivity contribution in [1.29, 1.82) is 0 Å². The molecule has 1 fully saturated rings. The summed E-state index contributed by atoms with van der Waals surface area (Å²) >= 11 is 1.70. The quantitative estimate of drug-likeness (QED) is 0.879. The highest BCUT2D eigenvalue weighted by Gasteiger charge is 2.19. The number of aromatic nitrogens is 2. The molecule has 1 N–H and O–H groups in total. The van der Waals surface area contributed by atoms with Gasteiger partial charge in [-0.3, -0.25) is 4.98 Å². The van der Waals surface area contributed by atoms with Gasteiger partial charge < -0.3 is 5.32 Å². The average Bonchev–Trinajstić information content (AvgIpc) is 3.05. The fraction of sp³-hybridized carbons (Fsp3) is 0.385.